The van der Waals surface area contributed by atoms with Crippen LogP contribution in [-0.4, -0.2) is 23.9 Å². The fraction of sp³-hybridized carbons (Fsp3) is 0.417. The second kappa shape index (κ2) is 10.1. The number of nitrogens with zero attached hydrogens (tertiary/aromatic N) is 5. The van der Waals surface area contributed by atoms with Crippen LogP contribution < -0.4 is 11.2 Å². The van der Waals surface area contributed by atoms with Crippen molar-refractivity contribution in [3.8, 4) is 0 Å². The molecule has 7 nitrogen and oxygen atoms in total. The van der Waals surface area contributed by atoms with Crippen LogP contribution in [0.1, 0.15) is 49.4 Å². The molecule has 0 radical (unpaired) electrons. The number of fused-ring (bicyclic) bond motifs is 1. The van der Waals surface area contributed by atoms with Gasteiger partial charge in [0.05, 0.1) is 17.6 Å². The summed E-state index contributed by atoms with van der Waals surface area (Å²) < 4.78 is 5.01. The molecule has 0 spiro atoms. The normalized spacial score (nSPS) is 12.8. The molecule has 0 amide bonds. The van der Waals surface area contributed by atoms with Crippen LogP contribution in [0.4, 0.5) is 5.82 Å². The Morgan fingerprint density at radius 2 is 1.81 bits per heavy atom. The van der Waals surface area contributed by atoms with E-state index in [4.69, 9.17) is 11.6 Å². The Bertz CT molecular complexity index is 1220. The van der Waals surface area contributed by atoms with Crippen LogP contribution in [0.2, 0.25) is 0 Å². The minimum atomic E-state index is -0.297. The Hall–Kier alpha value is -2.93. The zero-order valence-corrected chi connectivity index (χ0v) is 19.1. The van der Waals surface area contributed by atoms with E-state index in [1.807, 2.05) is 35.3 Å². The average Bonchev–Trinajstić information content (AvgIpc) is 3.40. The van der Waals surface area contributed by atoms with E-state index in [0.29, 0.717) is 48.9 Å². The van der Waals surface area contributed by atoms with Gasteiger partial charge in [0.15, 0.2) is 0 Å². The van der Waals surface area contributed by atoms with Gasteiger partial charge in [-0.05, 0) is 24.8 Å². The molecule has 0 saturated carbocycles. The summed E-state index contributed by atoms with van der Waals surface area (Å²) in [6.07, 6.45) is 8.43. The zero-order chi connectivity index (χ0) is 22.5. The number of halogens is 1. The maximum atomic E-state index is 13.1. The van der Waals surface area contributed by atoms with Crippen LogP contribution >= 0.6 is 11.6 Å². The fourth-order valence-corrected chi connectivity index (χ4v) is 4.29. The van der Waals surface area contributed by atoms with E-state index >= 15 is 0 Å². The van der Waals surface area contributed by atoms with Gasteiger partial charge in [-0.15, -0.1) is 0 Å². The molecule has 8 heteroatoms. The van der Waals surface area contributed by atoms with Crippen molar-refractivity contribution >= 4 is 22.6 Å². The number of benzene rings is 1. The Morgan fingerprint density at radius 1 is 1.03 bits per heavy atom. The van der Waals surface area contributed by atoms with E-state index in [2.05, 4.69) is 29.0 Å². The van der Waals surface area contributed by atoms with Crippen LogP contribution in [-0.2, 0) is 32.5 Å². The molecule has 0 aliphatic carbocycles. The molecule has 1 aliphatic heterocycles. The van der Waals surface area contributed by atoms with E-state index in [1.165, 1.54) is 10.1 Å². The minimum Gasteiger partial charge on any atom is -0.333 e. The van der Waals surface area contributed by atoms with Crippen LogP contribution in [0, 0.1) is 0 Å². The first-order valence-electron chi connectivity index (χ1n) is 11.2. The summed E-state index contributed by atoms with van der Waals surface area (Å²) in [5, 5.41) is 0.363. The largest absolute Gasteiger partial charge is 0.333 e. The third-order valence-corrected chi connectivity index (χ3v) is 5.95. The molecule has 3 aromatic rings. The summed E-state index contributed by atoms with van der Waals surface area (Å²) in [6.45, 7) is 3.78. The summed E-state index contributed by atoms with van der Waals surface area (Å²) in [5.74, 6) is 0.442. The van der Waals surface area contributed by atoms with Gasteiger partial charge >= 0.3 is 5.69 Å². The van der Waals surface area contributed by atoms with E-state index in [-0.39, 0.29) is 11.2 Å². The number of hydrogen-bond acceptors (Lipinski definition) is 4. The van der Waals surface area contributed by atoms with Crippen LogP contribution in [0.25, 0.3) is 0 Å². The summed E-state index contributed by atoms with van der Waals surface area (Å²) >= 11 is 6.11. The van der Waals surface area contributed by atoms with Crippen molar-refractivity contribution in [3.05, 3.63) is 80.5 Å². The molecule has 0 bridgehead atoms. The van der Waals surface area contributed by atoms with E-state index in [1.54, 1.807) is 4.57 Å². The number of unbranched alkanes of at least 4 members (excludes halogenated alkanes) is 2. The molecule has 2 aromatic heterocycles. The molecule has 1 aliphatic rings. The lowest BCUT2D eigenvalue weighted by Gasteiger charge is -2.14. The molecule has 0 atom stereocenters. The third-order valence-electron chi connectivity index (χ3n) is 5.74. The van der Waals surface area contributed by atoms with Gasteiger partial charge in [-0.3, -0.25) is 13.9 Å². The lowest BCUT2D eigenvalue weighted by Crippen LogP contribution is -2.41. The van der Waals surface area contributed by atoms with Gasteiger partial charge in [0, 0.05) is 32.3 Å². The maximum absolute atomic E-state index is 13.1. The van der Waals surface area contributed by atoms with Crippen LogP contribution in [0.5, 0.6) is 0 Å². The summed E-state index contributed by atoms with van der Waals surface area (Å²) in [4.78, 5) is 34.8. The van der Waals surface area contributed by atoms with Crippen molar-refractivity contribution in [2.45, 2.75) is 65.1 Å². The van der Waals surface area contributed by atoms with Crippen molar-refractivity contribution in [3.63, 3.8) is 0 Å². The molecule has 0 N–H and O–H groups in total. The minimum absolute atomic E-state index is 0.272. The second-order valence-corrected chi connectivity index (χ2v) is 8.63. The first-order valence-corrected chi connectivity index (χ1v) is 11.6. The third kappa shape index (κ3) is 4.93. The monoisotopic (exact) mass is 453 g/mol. The van der Waals surface area contributed by atoms with Crippen molar-refractivity contribution in [2.75, 3.05) is 0 Å². The summed E-state index contributed by atoms with van der Waals surface area (Å²) in [7, 11) is 0. The molecule has 168 valence electrons. The van der Waals surface area contributed by atoms with Crippen molar-refractivity contribution < 1.29 is 0 Å². The molecule has 0 unspecified atom stereocenters. The predicted octanol–water partition coefficient (Wildman–Crippen LogP) is 3.90. The van der Waals surface area contributed by atoms with E-state index in [0.717, 1.165) is 31.5 Å². The van der Waals surface area contributed by atoms with Gasteiger partial charge in [0.1, 0.15) is 11.0 Å². The number of rotatable bonds is 10. The number of aliphatic imine (C=N–C) groups is 1. The first kappa shape index (κ1) is 22.3. The Balaban J connectivity index is 1.46. The van der Waals surface area contributed by atoms with Gasteiger partial charge in [-0.1, -0.05) is 61.7 Å². The Morgan fingerprint density at radius 3 is 2.59 bits per heavy atom. The molecule has 3 heterocycles. The van der Waals surface area contributed by atoms with Gasteiger partial charge in [-0.2, -0.15) is 0 Å². The molecular weight excluding hydrogens is 426 g/mol. The number of aryl methyl sites for hydroxylation is 1. The molecule has 1 aromatic carbocycles. The molecule has 4 rings (SSSR count). The van der Waals surface area contributed by atoms with Crippen molar-refractivity contribution in [2.24, 2.45) is 4.99 Å². The Labute approximate surface area is 192 Å². The summed E-state index contributed by atoms with van der Waals surface area (Å²) in [6, 6.07) is 10.2. The number of hydrogen-bond donors (Lipinski definition) is 0. The van der Waals surface area contributed by atoms with Crippen LogP contribution in [0.15, 0.2) is 57.4 Å². The van der Waals surface area contributed by atoms with Gasteiger partial charge < -0.3 is 4.57 Å². The van der Waals surface area contributed by atoms with Crippen LogP contribution in [0.3, 0.4) is 0 Å². The molecular formula is C24H28ClN5O2. The molecule has 0 saturated heterocycles. The highest BCUT2D eigenvalue weighted by Gasteiger charge is 2.24. The molecule has 0 fully saturated rings. The highest BCUT2D eigenvalue weighted by Crippen LogP contribution is 2.24. The lowest BCUT2D eigenvalue weighted by atomic mass is 10.2. The van der Waals surface area contributed by atoms with Crippen molar-refractivity contribution in [1.29, 1.82) is 0 Å². The standard InChI is InChI=1S/C24H28ClN5O2/c1-2-3-7-12-29-22-20(14-21(25)27-22)23(31)30(24(29)32)13-8-11-19-16-28(17-26-19)15-18-9-5-4-6-10-18/h4-6,9-10,16-17H,2-3,7-8,11-15H2,1H3. The van der Waals surface area contributed by atoms with E-state index in [9.17, 15) is 9.59 Å². The van der Waals surface area contributed by atoms with Crippen molar-refractivity contribution in [1.82, 2.24) is 18.7 Å². The lowest BCUT2D eigenvalue weighted by molar-refractivity contribution is 0.512. The first-order chi connectivity index (χ1) is 15.6. The van der Waals surface area contributed by atoms with Gasteiger partial charge in [0.25, 0.3) is 5.56 Å². The SMILES string of the molecule is CCCCCn1c2c(c(=O)n(CCCc3cn(Cc4ccccc4)cn3)c1=O)CC(Cl)=N2. The fourth-order valence-electron chi connectivity index (χ4n) is 4.08. The van der Waals surface area contributed by atoms with Gasteiger partial charge in [-0.25, -0.2) is 14.8 Å². The predicted molar refractivity (Wildman–Crippen MR) is 127 cm³/mol. The maximum Gasteiger partial charge on any atom is 0.332 e. The summed E-state index contributed by atoms with van der Waals surface area (Å²) in [5.41, 5.74) is 2.12. The highest BCUT2D eigenvalue weighted by atomic mass is 35.5. The average molecular weight is 454 g/mol. The smallest absolute Gasteiger partial charge is 0.332 e. The second-order valence-electron chi connectivity index (χ2n) is 8.19. The number of aromatic nitrogens is 4. The highest BCUT2D eigenvalue weighted by molar-refractivity contribution is 6.66. The quantitative estimate of drug-likeness (QED) is 0.437. The zero-order valence-electron chi connectivity index (χ0n) is 18.3. The number of imidazole rings is 1. The topological polar surface area (TPSA) is 74.2 Å². The molecule has 32 heavy (non-hydrogen) atoms. The van der Waals surface area contributed by atoms with E-state index < -0.39 is 0 Å². The van der Waals surface area contributed by atoms with Gasteiger partial charge in [0.2, 0.25) is 0 Å². The Kier molecular flexibility index (Phi) is 7.05.